The van der Waals surface area contributed by atoms with Crippen LogP contribution in [0.25, 0.3) is 11.1 Å². The number of piperidine rings is 1. The van der Waals surface area contributed by atoms with Crippen LogP contribution in [0, 0.1) is 0 Å². The SMILES string of the molecule is COc1ccccc1C(=O)N1CCCCC1c1[nH]ncc1-c1ccncc1. The topological polar surface area (TPSA) is 71.1 Å². The third-order valence-corrected chi connectivity index (χ3v) is 5.09. The van der Waals surface area contributed by atoms with Crippen molar-refractivity contribution in [1.82, 2.24) is 20.1 Å². The largest absolute Gasteiger partial charge is 0.496 e. The molecule has 6 heteroatoms. The number of hydrogen-bond donors (Lipinski definition) is 1. The van der Waals surface area contributed by atoms with Gasteiger partial charge < -0.3 is 9.64 Å². The van der Waals surface area contributed by atoms with E-state index in [-0.39, 0.29) is 11.9 Å². The van der Waals surface area contributed by atoms with Crippen molar-refractivity contribution in [3.8, 4) is 16.9 Å². The average molecular weight is 362 g/mol. The molecule has 1 aliphatic rings. The Bertz CT molecular complexity index is 923. The summed E-state index contributed by atoms with van der Waals surface area (Å²) in [5.74, 6) is 0.596. The minimum Gasteiger partial charge on any atom is -0.496 e. The van der Waals surface area contributed by atoms with Crippen LogP contribution in [0.3, 0.4) is 0 Å². The van der Waals surface area contributed by atoms with E-state index < -0.39 is 0 Å². The Morgan fingerprint density at radius 1 is 1.19 bits per heavy atom. The number of nitrogens with one attached hydrogen (secondary N) is 1. The molecule has 0 bridgehead atoms. The van der Waals surface area contributed by atoms with Crippen LogP contribution < -0.4 is 4.74 Å². The van der Waals surface area contributed by atoms with Gasteiger partial charge in [0.2, 0.25) is 0 Å². The van der Waals surface area contributed by atoms with E-state index in [0.29, 0.717) is 11.3 Å². The van der Waals surface area contributed by atoms with Crippen molar-refractivity contribution in [3.05, 3.63) is 66.2 Å². The standard InChI is InChI=1S/C21H22N4O2/c1-27-19-8-3-2-6-16(19)21(26)25-13-5-4-7-18(25)20-17(14-23-24-20)15-9-11-22-12-10-15/h2-3,6,8-12,14,18H,4-5,7,13H2,1H3,(H,23,24). The molecule has 4 rings (SSSR count). The molecule has 3 heterocycles. The summed E-state index contributed by atoms with van der Waals surface area (Å²) in [7, 11) is 1.59. The van der Waals surface area contributed by atoms with Gasteiger partial charge in [0.1, 0.15) is 5.75 Å². The van der Waals surface area contributed by atoms with Crippen LogP contribution in [-0.2, 0) is 0 Å². The number of carbonyl (C=O) groups is 1. The summed E-state index contributed by atoms with van der Waals surface area (Å²) < 4.78 is 5.40. The highest BCUT2D eigenvalue weighted by molar-refractivity contribution is 5.97. The molecule has 138 valence electrons. The molecule has 1 N–H and O–H groups in total. The van der Waals surface area contributed by atoms with Crippen LogP contribution in [0.15, 0.2) is 55.0 Å². The number of hydrogen-bond acceptors (Lipinski definition) is 4. The fourth-order valence-corrected chi connectivity index (χ4v) is 3.76. The molecule has 1 unspecified atom stereocenters. The van der Waals surface area contributed by atoms with E-state index in [2.05, 4.69) is 15.2 Å². The summed E-state index contributed by atoms with van der Waals surface area (Å²) >= 11 is 0. The minimum absolute atomic E-state index is 0.00701. The molecule has 0 saturated carbocycles. The highest BCUT2D eigenvalue weighted by atomic mass is 16.5. The number of carbonyl (C=O) groups excluding carboxylic acids is 1. The predicted molar refractivity (Wildman–Crippen MR) is 102 cm³/mol. The van der Waals surface area contributed by atoms with Gasteiger partial charge in [-0.2, -0.15) is 5.10 Å². The Labute approximate surface area is 158 Å². The molecule has 1 aliphatic heterocycles. The van der Waals surface area contributed by atoms with E-state index in [9.17, 15) is 4.79 Å². The monoisotopic (exact) mass is 362 g/mol. The van der Waals surface area contributed by atoms with Crippen molar-refractivity contribution in [2.24, 2.45) is 0 Å². The van der Waals surface area contributed by atoms with Crippen LogP contribution in [0.1, 0.15) is 41.4 Å². The first-order chi connectivity index (χ1) is 13.3. The average Bonchev–Trinajstić information content (AvgIpc) is 3.23. The molecule has 0 radical (unpaired) electrons. The second-order valence-electron chi connectivity index (χ2n) is 6.64. The molecule has 3 aromatic rings. The Morgan fingerprint density at radius 2 is 2.00 bits per heavy atom. The lowest BCUT2D eigenvalue weighted by atomic mass is 9.94. The van der Waals surface area contributed by atoms with Gasteiger partial charge in [-0.05, 0) is 49.1 Å². The van der Waals surface area contributed by atoms with E-state index in [4.69, 9.17) is 4.74 Å². The minimum atomic E-state index is -0.0400. The van der Waals surface area contributed by atoms with E-state index in [1.165, 1.54) is 0 Å². The zero-order chi connectivity index (χ0) is 18.6. The molecular formula is C21H22N4O2. The van der Waals surface area contributed by atoms with E-state index in [1.807, 2.05) is 47.5 Å². The Balaban J connectivity index is 1.70. The number of likely N-dealkylation sites (tertiary alicyclic amines) is 1. The fourth-order valence-electron chi connectivity index (χ4n) is 3.76. The van der Waals surface area contributed by atoms with Gasteiger partial charge in [0.05, 0.1) is 30.6 Å². The smallest absolute Gasteiger partial charge is 0.258 e. The molecular weight excluding hydrogens is 340 g/mol. The van der Waals surface area contributed by atoms with Gasteiger partial charge in [0.25, 0.3) is 5.91 Å². The van der Waals surface area contributed by atoms with Gasteiger partial charge in [0.15, 0.2) is 0 Å². The van der Waals surface area contributed by atoms with Gasteiger partial charge >= 0.3 is 0 Å². The summed E-state index contributed by atoms with van der Waals surface area (Å²) in [6, 6.07) is 11.3. The molecule has 1 amide bonds. The number of amides is 1. The van der Waals surface area contributed by atoms with Gasteiger partial charge in [-0.1, -0.05) is 12.1 Å². The highest BCUT2D eigenvalue weighted by Crippen LogP contribution is 2.37. The molecule has 1 fully saturated rings. The van der Waals surface area contributed by atoms with Gasteiger partial charge in [-0.25, -0.2) is 0 Å². The van der Waals surface area contributed by atoms with E-state index >= 15 is 0 Å². The predicted octanol–water partition coefficient (Wildman–Crippen LogP) is 3.85. The number of para-hydroxylation sites is 1. The van der Waals surface area contributed by atoms with Crippen LogP contribution in [0.4, 0.5) is 0 Å². The third-order valence-electron chi connectivity index (χ3n) is 5.09. The maximum atomic E-state index is 13.3. The van der Waals surface area contributed by atoms with Crippen LogP contribution in [-0.4, -0.2) is 39.6 Å². The first-order valence-corrected chi connectivity index (χ1v) is 9.17. The summed E-state index contributed by atoms with van der Waals surface area (Å²) in [6.07, 6.45) is 8.34. The molecule has 2 aromatic heterocycles. The second-order valence-corrected chi connectivity index (χ2v) is 6.64. The number of aromatic amines is 1. The zero-order valence-corrected chi connectivity index (χ0v) is 15.3. The fraction of sp³-hybridized carbons (Fsp3) is 0.286. The second kappa shape index (κ2) is 7.61. The number of rotatable bonds is 4. The van der Waals surface area contributed by atoms with E-state index in [1.54, 1.807) is 19.5 Å². The molecule has 1 aromatic carbocycles. The van der Waals surface area contributed by atoms with Crippen molar-refractivity contribution >= 4 is 5.91 Å². The van der Waals surface area contributed by atoms with Gasteiger partial charge in [-0.3, -0.25) is 14.9 Å². The molecule has 1 saturated heterocycles. The molecule has 0 aliphatic carbocycles. The normalized spacial score (nSPS) is 16.9. The number of H-pyrrole nitrogens is 1. The van der Waals surface area contributed by atoms with Crippen LogP contribution in [0.5, 0.6) is 5.75 Å². The molecule has 27 heavy (non-hydrogen) atoms. The van der Waals surface area contributed by atoms with Crippen molar-refractivity contribution in [2.75, 3.05) is 13.7 Å². The summed E-state index contributed by atoms with van der Waals surface area (Å²) in [5, 5.41) is 7.41. The lowest BCUT2D eigenvalue weighted by Gasteiger charge is -2.36. The Hall–Kier alpha value is -3.15. The number of ether oxygens (including phenoxy) is 1. The third kappa shape index (κ3) is 3.30. The Kier molecular flexibility index (Phi) is 4.87. The number of nitrogens with zero attached hydrogens (tertiary/aromatic N) is 3. The number of pyridine rings is 1. The van der Waals surface area contributed by atoms with Gasteiger partial charge in [0, 0.05) is 24.5 Å². The quantitative estimate of drug-likeness (QED) is 0.765. The summed E-state index contributed by atoms with van der Waals surface area (Å²) in [4.78, 5) is 19.4. The molecule has 6 nitrogen and oxygen atoms in total. The maximum Gasteiger partial charge on any atom is 0.258 e. The van der Waals surface area contributed by atoms with Crippen molar-refractivity contribution in [3.63, 3.8) is 0 Å². The van der Waals surface area contributed by atoms with Crippen LogP contribution >= 0.6 is 0 Å². The Morgan fingerprint density at radius 3 is 2.81 bits per heavy atom. The van der Waals surface area contributed by atoms with Crippen molar-refractivity contribution < 1.29 is 9.53 Å². The maximum absolute atomic E-state index is 13.3. The van der Waals surface area contributed by atoms with Gasteiger partial charge in [-0.15, -0.1) is 0 Å². The summed E-state index contributed by atoms with van der Waals surface area (Å²) in [5.41, 5.74) is 3.63. The zero-order valence-electron chi connectivity index (χ0n) is 15.3. The lowest BCUT2D eigenvalue weighted by molar-refractivity contribution is 0.0603. The van der Waals surface area contributed by atoms with Crippen molar-refractivity contribution in [2.45, 2.75) is 25.3 Å². The van der Waals surface area contributed by atoms with Crippen LogP contribution in [0.2, 0.25) is 0 Å². The summed E-state index contributed by atoms with van der Waals surface area (Å²) in [6.45, 7) is 0.719. The lowest BCUT2D eigenvalue weighted by Crippen LogP contribution is -2.39. The molecule has 1 atom stereocenters. The number of benzene rings is 1. The number of aromatic nitrogens is 3. The first kappa shape index (κ1) is 17.3. The van der Waals surface area contributed by atoms with E-state index in [0.717, 1.165) is 42.6 Å². The highest BCUT2D eigenvalue weighted by Gasteiger charge is 2.32. The molecule has 0 spiro atoms. The van der Waals surface area contributed by atoms with Crippen molar-refractivity contribution in [1.29, 1.82) is 0 Å². The number of methoxy groups -OCH3 is 1. The first-order valence-electron chi connectivity index (χ1n) is 9.17.